The molecule has 2 rings (SSSR count). The van der Waals surface area contributed by atoms with E-state index in [1.165, 1.54) is 0 Å². The summed E-state index contributed by atoms with van der Waals surface area (Å²) in [5, 5.41) is 2.67. The van der Waals surface area contributed by atoms with E-state index >= 15 is 0 Å². The van der Waals surface area contributed by atoms with Crippen LogP contribution < -0.4 is 5.32 Å². The Hall–Kier alpha value is -1.40. The number of benzene rings is 1. The molecule has 108 valence electrons. The first-order valence-corrected chi connectivity index (χ1v) is 7.33. The zero-order chi connectivity index (χ0) is 14.7. The lowest BCUT2D eigenvalue weighted by Crippen LogP contribution is -2.34. The number of rotatable bonds is 5. The van der Waals surface area contributed by atoms with E-state index in [1.807, 2.05) is 32.2 Å². The molecule has 0 saturated heterocycles. The molecular formula is C14H19BrN4O. The molecule has 6 heteroatoms. The molecule has 0 fully saturated rings. The van der Waals surface area contributed by atoms with E-state index in [-0.39, 0.29) is 11.8 Å². The molecule has 0 aliphatic heterocycles. The molecular weight excluding hydrogens is 320 g/mol. The van der Waals surface area contributed by atoms with Crippen molar-refractivity contribution in [3.05, 3.63) is 28.5 Å². The minimum absolute atomic E-state index is 0.0384. The summed E-state index contributed by atoms with van der Waals surface area (Å²) in [7, 11) is 3.65. The summed E-state index contributed by atoms with van der Waals surface area (Å²) in [6, 6.07) is 5.97. The smallest absolute Gasteiger partial charge is 0.223 e. The van der Waals surface area contributed by atoms with Crippen molar-refractivity contribution in [2.45, 2.75) is 13.5 Å². The normalized spacial score (nSPS) is 12.8. The molecule has 20 heavy (non-hydrogen) atoms. The van der Waals surface area contributed by atoms with Crippen molar-refractivity contribution in [3.63, 3.8) is 0 Å². The highest BCUT2D eigenvalue weighted by atomic mass is 79.9. The van der Waals surface area contributed by atoms with E-state index in [0.29, 0.717) is 13.1 Å². The van der Waals surface area contributed by atoms with E-state index < -0.39 is 0 Å². The Morgan fingerprint density at radius 2 is 2.30 bits per heavy atom. The number of aromatic amines is 1. The average Bonchev–Trinajstić information content (AvgIpc) is 2.78. The van der Waals surface area contributed by atoms with Gasteiger partial charge in [0, 0.05) is 24.0 Å². The maximum Gasteiger partial charge on any atom is 0.223 e. The van der Waals surface area contributed by atoms with Crippen LogP contribution >= 0.6 is 15.9 Å². The van der Waals surface area contributed by atoms with Crippen LogP contribution in [0.25, 0.3) is 11.0 Å². The van der Waals surface area contributed by atoms with Gasteiger partial charge in [0.15, 0.2) is 0 Å². The van der Waals surface area contributed by atoms with Gasteiger partial charge < -0.3 is 10.3 Å². The van der Waals surface area contributed by atoms with Crippen LogP contribution in [0.1, 0.15) is 12.7 Å². The minimum atomic E-state index is -0.0384. The number of aromatic nitrogens is 2. The van der Waals surface area contributed by atoms with E-state index in [9.17, 15) is 4.79 Å². The summed E-state index contributed by atoms with van der Waals surface area (Å²) in [5.74, 6) is 0.929. The van der Waals surface area contributed by atoms with E-state index in [1.54, 1.807) is 7.05 Å². The molecule has 2 N–H and O–H groups in total. The first-order chi connectivity index (χ1) is 9.49. The monoisotopic (exact) mass is 338 g/mol. The van der Waals surface area contributed by atoms with Crippen LogP contribution in [0, 0.1) is 5.92 Å². The Bertz CT molecular complexity index is 610. The molecule has 1 aromatic heterocycles. The van der Waals surface area contributed by atoms with Crippen molar-refractivity contribution in [2.24, 2.45) is 5.92 Å². The van der Waals surface area contributed by atoms with E-state index in [2.05, 4.69) is 36.1 Å². The average molecular weight is 339 g/mol. The van der Waals surface area contributed by atoms with Gasteiger partial charge in [0.2, 0.25) is 5.91 Å². The highest BCUT2D eigenvalue weighted by molar-refractivity contribution is 9.10. The summed E-state index contributed by atoms with van der Waals surface area (Å²) in [6.07, 6.45) is 0. The summed E-state index contributed by atoms with van der Waals surface area (Å²) in [6.45, 7) is 3.30. The van der Waals surface area contributed by atoms with Gasteiger partial charge in [0.05, 0.1) is 17.6 Å². The SMILES string of the molecule is CNC(=O)[C@@H](C)CN(C)Cc1nc2ccc(Br)cc2[nH]1. The van der Waals surface area contributed by atoms with Crippen LogP contribution in [0.4, 0.5) is 0 Å². The van der Waals surface area contributed by atoms with Gasteiger partial charge >= 0.3 is 0 Å². The van der Waals surface area contributed by atoms with Gasteiger partial charge in [-0.25, -0.2) is 4.98 Å². The number of nitrogens with zero attached hydrogens (tertiary/aromatic N) is 2. The molecule has 0 aliphatic rings. The number of halogens is 1. The van der Waals surface area contributed by atoms with Crippen molar-refractivity contribution < 1.29 is 4.79 Å². The number of imidazole rings is 1. The van der Waals surface area contributed by atoms with Crippen LogP contribution in [0.15, 0.2) is 22.7 Å². The second kappa shape index (κ2) is 6.37. The molecule has 1 heterocycles. The molecule has 2 aromatic rings. The van der Waals surface area contributed by atoms with Gasteiger partial charge in [-0.2, -0.15) is 0 Å². The summed E-state index contributed by atoms with van der Waals surface area (Å²) in [5.41, 5.74) is 1.97. The molecule has 1 aromatic carbocycles. The van der Waals surface area contributed by atoms with Crippen molar-refractivity contribution in [2.75, 3.05) is 20.6 Å². The predicted octanol–water partition coefficient (Wildman–Crippen LogP) is 2.14. The molecule has 0 aliphatic carbocycles. The molecule has 0 spiro atoms. The number of hydrogen-bond acceptors (Lipinski definition) is 3. The van der Waals surface area contributed by atoms with Crippen LogP contribution in [-0.4, -0.2) is 41.4 Å². The third-order valence-corrected chi connectivity index (χ3v) is 3.69. The standard InChI is InChI=1S/C14H19BrN4O/c1-9(14(20)16-2)7-19(3)8-13-17-11-5-4-10(15)6-12(11)18-13/h4-6,9H,7-8H2,1-3H3,(H,16,20)(H,17,18)/t9-/m0/s1. The Kier molecular flexibility index (Phi) is 4.77. The Morgan fingerprint density at radius 3 is 3.00 bits per heavy atom. The highest BCUT2D eigenvalue weighted by Crippen LogP contribution is 2.18. The number of amides is 1. The van der Waals surface area contributed by atoms with Gasteiger partial charge in [-0.3, -0.25) is 9.69 Å². The van der Waals surface area contributed by atoms with Gasteiger partial charge in [0.25, 0.3) is 0 Å². The Balaban J connectivity index is 2.02. The molecule has 0 radical (unpaired) electrons. The zero-order valence-corrected chi connectivity index (χ0v) is 13.5. The molecule has 1 atom stereocenters. The molecule has 5 nitrogen and oxygen atoms in total. The van der Waals surface area contributed by atoms with Gasteiger partial charge in [0.1, 0.15) is 5.82 Å². The highest BCUT2D eigenvalue weighted by Gasteiger charge is 2.14. The number of fused-ring (bicyclic) bond motifs is 1. The van der Waals surface area contributed by atoms with Crippen molar-refractivity contribution >= 4 is 32.9 Å². The van der Waals surface area contributed by atoms with Crippen molar-refractivity contribution in [1.82, 2.24) is 20.2 Å². The van der Waals surface area contributed by atoms with Crippen molar-refractivity contribution in [1.29, 1.82) is 0 Å². The second-order valence-electron chi connectivity index (χ2n) is 5.06. The zero-order valence-electron chi connectivity index (χ0n) is 11.9. The third-order valence-electron chi connectivity index (χ3n) is 3.19. The Labute approximate surface area is 126 Å². The lowest BCUT2D eigenvalue weighted by molar-refractivity contribution is -0.124. The molecule has 0 bridgehead atoms. The second-order valence-corrected chi connectivity index (χ2v) is 5.97. The van der Waals surface area contributed by atoms with Crippen LogP contribution in [0.2, 0.25) is 0 Å². The van der Waals surface area contributed by atoms with Crippen LogP contribution in [-0.2, 0) is 11.3 Å². The van der Waals surface area contributed by atoms with Gasteiger partial charge in [-0.1, -0.05) is 22.9 Å². The maximum absolute atomic E-state index is 11.5. The molecule has 0 saturated carbocycles. The van der Waals surface area contributed by atoms with Crippen molar-refractivity contribution in [3.8, 4) is 0 Å². The largest absolute Gasteiger partial charge is 0.359 e. The minimum Gasteiger partial charge on any atom is -0.359 e. The van der Waals surface area contributed by atoms with E-state index in [4.69, 9.17) is 0 Å². The first-order valence-electron chi connectivity index (χ1n) is 6.54. The number of carbonyl (C=O) groups is 1. The quantitative estimate of drug-likeness (QED) is 0.877. The first kappa shape index (κ1) is 15.0. The maximum atomic E-state index is 11.5. The lowest BCUT2D eigenvalue weighted by atomic mass is 10.1. The number of hydrogen-bond donors (Lipinski definition) is 2. The van der Waals surface area contributed by atoms with Gasteiger partial charge in [-0.15, -0.1) is 0 Å². The summed E-state index contributed by atoms with van der Waals surface area (Å²) in [4.78, 5) is 21.4. The fourth-order valence-corrected chi connectivity index (χ4v) is 2.59. The number of nitrogens with one attached hydrogen (secondary N) is 2. The lowest BCUT2D eigenvalue weighted by Gasteiger charge is -2.19. The van der Waals surface area contributed by atoms with Gasteiger partial charge in [-0.05, 0) is 25.2 Å². The number of H-pyrrole nitrogens is 1. The summed E-state index contributed by atoms with van der Waals surface area (Å²) < 4.78 is 1.03. The predicted molar refractivity (Wildman–Crippen MR) is 83.4 cm³/mol. The Morgan fingerprint density at radius 1 is 1.55 bits per heavy atom. The molecule has 0 unspecified atom stereocenters. The van der Waals surface area contributed by atoms with E-state index in [0.717, 1.165) is 21.3 Å². The number of carbonyl (C=O) groups excluding carboxylic acids is 1. The van der Waals surface area contributed by atoms with Crippen LogP contribution in [0.5, 0.6) is 0 Å². The summed E-state index contributed by atoms with van der Waals surface area (Å²) >= 11 is 3.45. The fraction of sp³-hybridized carbons (Fsp3) is 0.429. The fourth-order valence-electron chi connectivity index (χ4n) is 2.23. The van der Waals surface area contributed by atoms with Crippen LogP contribution in [0.3, 0.4) is 0 Å². The topological polar surface area (TPSA) is 61.0 Å². The third kappa shape index (κ3) is 3.58. The molecule has 1 amide bonds.